The van der Waals surface area contributed by atoms with E-state index in [0.717, 1.165) is 72.3 Å². The van der Waals surface area contributed by atoms with E-state index in [1.54, 1.807) is 0 Å². The molecule has 1 unspecified atom stereocenters. The number of unbranched alkanes of at least 4 members (excludes halogenated alkanes) is 2. The number of hydrogen-bond acceptors (Lipinski definition) is 6. The van der Waals surface area contributed by atoms with E-state index in [9.17, 15) is 9.90 Å². The highest BCUT2D eigenvalue weighted by Gasteiger charge is 2.39. The first kappa shape index (κ1) is 26.6. The Hall–Kier alpha value is -2.97. The molecule has 3 aromatic rings. The van der Waals surface area contributed by atoms with Gasteiger partial charge in [-0.1, -0.05) is 30.7 Å². The fourth-order valence-corrected chi connectivity index (χ4v) is 5.66. The number of aliphatic carboxylic acids is 1. The summed E-state index contributed by atoms with van der Waals surface area (Å²) in [6, 6.07) is 9.58. The number of benzene rings is 1. The summed E-state index contributed by atoms with van der Waals surface area (Å²) in [5.41, 5.74) is 4.88. The summed E-state index contributed by atoms with van der Waals surface area (Å²) >= 11 is 0. The smallest absolute Gasteiger partial charge is 0.325 e. The molecule has 2 aliphatic rings. The molecule has 0 aliphatic carbocycles. The number of rotatable bonds is 10. The van der Waals surface area contributed by atoms with Crippen molar-refractivity contribution in [1.82, 2.24) is 19.7 Å². The summed E-state index contributed by atoms with van der Waals surface area (Å²) in [7, 11) is 0. The normalized spacial score (nSPS) is 17.2. The van der Waals surface area contributed by atoms with Crippen LogP contribution in [0.5, 0.6) is 0 Å². The SMILES string of the molecule is Cc1nn(C(C)(C)C)c2c(C(C(=O)O)N3CC(OCCCCCc4ccc5c(n4)NCCC5)C3)cccc12. The molecule has 0 radical (unpaired) electrons. The number of hydrogen-bond donors (Lipinski definition) is 2. The lowest BCUT2D eigenvalue weighted by atomic mass is 9.97. The molecular weight excluding hydrogens is 478 g/mol. The zero-order chi connectivity index (χ0) is 26.9. The van der Waals surface area contributed by atoms with Crippen LogP contribution in [-0.2, 0) is 27.9 Å². The highest BCUT2D eigenvalue weighted by atomic mass is 16.5. The summed E-state index contributed by atoms with van der Waals surface area (Å²) in [4.78, 5) is 19.2. The van der Waals surface area contributed by atoms with E-state index in [1.807, 2.05) is 34.7 Å². The van der Waals surface area contributed by atoms with E-state index in [-0.39, 0.29) is 11.6 Å². The van der Waals surface area contributed by atoms with Crippen molar-refractivity contribution < 1.29 is 14.6 Å². The van der Waals surface area contributed by atoms with Crippen molar-refractivity contribution in [3.63, 3.8) is 0 Å². The molecule has 1 aromatic carbocycles. The van der Waals surface area contributed by atoms with E-state index in [2.05, 4.69) is 38.2 Å². The number of pyridine rings is 1. The highest BCUT2D eigenvalue weighted by molar-refractivity contribution is 5.90. The van der Waals surface area contributed by atoms with Crippen molar-refractivity contribution in [3.05, 3.63) is 52.8 Å². The van der Waals surface area contributed by atoms with Crippen molar-refractivity contribution in [3.8, 4) is 0 Å². The molecule has 5 rings (SSSR count). The van der Waals surface area contributed by atoms with Gasteiger partial charge < -0.3 is 15.2 Å². The lowest BCUT2D eigenvalue weighted by Crippen LogP contribution is -2.55. The number of anilines is 1. The van der Waals surface area contributed by atoms with Gasteiger partial charge in [-0.15, -0.1) is 0 Å². The van der Waals surface area contributed by atoms with Crippen LogP contribution < -0.4 is 5.32 Å². The molecule has 0 spiro atoms. The van der Waals surface area contributed by atoms with Gasteiger partial charge >= 0.3 is 5.97 Å². The molecule has 8 heteroatoms. The fraction of sp³-hybridized carbons (Fsp3) is 0.567. The Bertz CT molecular complexity index is 1290. The summed E-state index contributed by atoms with van der Waals surface area (Å²) in [5, 5.41) is 19.4. The number of fused-ring (bicyclic) bond motifs is 2. The molecule has 0 saturated carbocycles. The number of aryl methyl sites for hydroxylation is 3. The lowest BCUT2D eigenvalue weighted by Gasteiger charge is -2.42. The Kier molecular flexibility index (Phi) is 7.73. The van der Waals surface area contributed by atoms with Gasteiger partial charge in [0.2, 0.25) is 0 Å². The molecular formula is C30H41N5O3. The highest BCUT2D eigenvalue weighted by Crippen LogP contribution is 2.35. The minimum atomic E-state index is -0.832. The van der Waals surface area contributed by atoms with E-state index in [1.165, 1.54) is 12.0 Å². The Morgan fingerprint density at radius 2 is 2.00 bits per heavy atom. The van der Waals surface area contributed by atoms with Crippen LogP contribution in [0.25, 0.3) is 10.9 Å². The number of nitrogens with zero attached hydrogens (tertiary/aromatic N) is 4. The third-order valence-electron chi connectivity index (χ3n) is 7.71. The van der Waals surface area contributed by atoms with Crippen LogP contribution >= 0.6 is 0 Å². The Balaban J connectivity index is 1.11. The number of carboxylic acids is 1. The number of nitrogens with one attached hydrogen (secondary N) is 1. The third kappa shape index (κ3) is 5.57. The Labute approximate surface area is 225 Å². The standard InChI is InChI=1S/C30H41N5O3/c1-20-24-12-8-13-25(26(24)35(33-20)30(2,3)4)27(29(36)37)34-18-23(19-34)38-17-7-5-6-11-22-15-14-21-10-9-16-31-28(21)32-22/h8,12-15,23,27H,5-7,9-11,16-19H2,1-4H3,(H,31,32)(H,36,37). The number of carbonyl (C=O) groups is 1. The van der Waals surface area contributed by atoms with Crippen LogP contribution in [0, 0.1) is 6.92 Å². The van der Waals surface area contributed by atoms with Crippen molar-refractivity contribution in [1.29, 1.82) is 0 Å². The second-order valence-corrected chi connectivity index (χ2v) is 11.8. The van der Waals surface area contributed by atoms with E-state index < -0.39 is 12.0 Å². The lowest BCUT2D eigenvalue weighted by molar-refractivity contribution is -0.150. The van der Waals surface area contributed by atoms with Crippen molar-refractivity contribution in [2.75, 3.05) is 31.6 Å². The molecule has 1 fully saturated rings. The first-order valence-electron chi connectivity index (χ1n) is 14.0. The van der Waals surface area contributed by atoms with Gasteiger partial charge in [0.1, 0.15) is 11.9 Å². The molecule has 1 atom stereocenters. The maximum Gasteiger partial charge on any atom is 0.325 e. The average Bonchev–Trinajstić information content (AvgIpc) is 3.21. The number of aromatic nitrogens is 3. The average molecular weight is 520 g/mol. The van der Waals surface area contributed by atoms with E-state index in [4.69, 9.17) is 14.8 Å². The summed E-state index contributed by atoms with van der Waals surface area (Å²) in [6.07, 6.45) is 6.57. The summed E-state index contributed by atoms with van der Waals surface area (Å²) < 4.78 is 8.07. The molecule has 4 heterocycles. The number of ether oxygens (including phenoxy) is 1. The predicted molar refractivity (Wildman–Crippen MR) is 150 cm³/mol. The molecule has 8 nitrogen and oxygen atoms in total. The van der Waals surface area contributed by atoms with Gasteiger partial charge in [0.25, 0.3) is 0 Å². The zero-order valence-electron chi connectivity index (χ0n) is 23.2. The first-order valence-corrected chi connectivity index (χ1v) is 14.0. The Morgan fingerprint density at radius 1 is 1.18 bits per heavy atom. The molecule has 1 saturated heterocycles. The minimum Gasteiger partial charge on any atom is -0.480 e. The van der Waals surface area contributed by atoms with Gasteiger partial charge in [0, 0.05) is 42.9 Å². The molecule has 2 N–H and O–H groups in total. The van der Waals surface area contributed by atoms with Gasteiger partial charge in [-0.05, 0) is 71.4 Å². The molecule has 204 valence electrons. The Morgan fingerprint density at radius 3 is 2.76 bits per heavy atom. The van der Waals surface area contributed by atoms with Gasteiger partial charge in [-0.2, -0.15) is 5.10 Å². The van der Waals surface area contributed by atoms with Crippen molar-refractivity contribution in [2.24, 2.45) is 0 Å². The predicted octanol–water partition coefficient (Wildman–Crippen LogP) is 5.09. The molecule has 38 heavy (non-hydrogen) atoms. The van der Waals surface area contributed by atoms with Crippen molar-refractivity contribution in [2.45, 2.75) is 83.9 Å². The maximum absolute atomic E-state index is 12.5. The largest absolute Gasteiger partial charge is 0.480 e. The van der Waals surface area contributed by atoms with Gasteiger partial charge in [0.05, 0.1) is 22.9 Å². The van der Waals surface area contributed by atoms with Crippen LogP contribution in [0.4, 0.5) is 5.82 Å². The molecule has 2 aromatic heterocycles. The second-order valence-electron chi connectivity index (χ2n) is 11.8. The zero-order valence-corrected chi connectivity index (χ0v) is 23.2. The van der Waals surface area contributed by atoms with Crippen LogP contribution in [0.3, 0.4) is 0 Å². The van der Waals surface area contributed by atoms with Crippen molar-refractivity contribution >= 4 is 22.7 Å². The monoisotopic (exact) mass is 519 g/mol. The van der Waals surface area contributed by atoms with Crippen LogP contribution in [0.1, 0.15) is 75.0 Å². The molecule has 0 bridgehead atoms. The van der Waals surface area contributed by atoms with Crippen LogP contribution in [0.15, 0.2) is 30.3 Å². The minimum absolute atomic E-state index is 0.0821. The molecule has 2 aliphatic heterocycles. The van der Waals surface area contributed by atoms with E-state index >= 15 is 0 Å². The quantitative estimate of drug-likeness (QED) is 0.360. The fourth-order valence-electron chi connectivity index (χ4n) is 5.66. The van der Waals surface area contributed by atoms with E-state index in [0.29, 0.717) is 19.7 Å². The first-order chi connectivity index (χ1) is 18.2. The van der Waals surface area contributed by atoms with Gasteiger partial charge in [0.15, 0.2) is 0 Å². The van der Waals surface area contributed by atoms with Gasteiger partial charge in [-0.25, -0.2) is 4.98 Å². The topological polar surface area (TPSA) is 92.5 Å². The molecule has 0 amide bonds. The third-order valence-corrected chi connectivity index (χ3v) is 7.71. The van der Waals surface area contributed by atoms with Crippen LogP contribution in [0.2, 0.25) is 0 Å². The van der Waals surface area contributed by atoms with Crippen LogP contribution in [-0.4, -0.2) is 63.1 Å². The number of likely N-dealkylation sites (tertiary alicyclic amines) is 1. The second kappa shape index (κ2) is 11.0. The number of carboxylic acid groups (broad SMARTS) is 1. The van der Waals surface area contributed by atoms with Gasteiger partial charge in [-0.3, -0.25) is 14.4 Å². The summed E-state index contributed by atoms with van der Waals surface area (Å²) in [6.45, 7) is 11.3. The summed E-state index contributed by atoms with van der Waals surface area (Å²) in [5.74, 6) is 0.238. The number of para-hydroxylation sites is 1. The maximum atomic E-state index is 12.5.